The van der Waals surface area contributed by atoms with Crippen LogP contribution in [0.5, 0.6) is 0 Å². The average Bonchev–Trinajstić information content (AvgIpc) is 2.56. The molecular formula is C19H36N2O3. The Kier molecular flexibility index (Phi) is 7.71. The Bertz CT molecular complexity index is 417. The first kappa shape index (κ1) is 20.9. The van der Waals surface area contributed by atoms with E-state index < -0.39 is 0 Å². The van der Waals surface area contributed by atoms with Crippen LogP contribution in [-0.4, -0.2) is 60.0 Å². The fourth-order valence-corrected chi connectivity index (χ4v) is 2.63. The normalized spacial score (nSPS) is 16.4. The number of ether oxygens (including phenoxy) is 1. The first-order chi connectivity index (χ1) is 11.1. The van der Waals surface area contributed by atoms with E-state index in [1.807, 2.05) is 16.7 Å². The second-order valence-corrected chi connectivity index (χ2v) is 8.27. The van der Waals surface area contributed by atoms with Crippen LogP contribution in [0.4, 0.5) is 0 Å². The summed E-state index contributed by atoms with van der Waals surface area (Å²) in [7, 11) is 0. The Balaban J connectivity index is 2.37. The molecule has 1 aliphatic heterocycles. The molecule has 24 heavy (non-hydrogen) atoms. The van der Waals surface area contributed by atoms with Gasteiger partial charge >= 0.3 is 0 Å². The maximum atomic E-state index is 12.3. The van der Waals surface area contributed by atoms with Crippen molar-refractivity contribution in [2.45, 2.75) is 72.8 Å². The molecule has 1 heterocycles. The van der Waals surface area contributed by atoms with Gasteiger partial charge in [0.05, 0.1) is 5.60 Å². The van der Waals surface area contributed by atoms with Gasteiger partial charge in [-0.2, -0.15) is 0 Å². The van der Waals surface area contributed by atoms with Crippen LogP contribution in [0, 0.1) is 5.41 Å². The molecule has 0 aliphatic carbocycles. The van der Waals surface area contributed by atoms with Crippen molar-refractivity contribution in [3.63, 3.8) is 0 Å². The van der Waals surface area contributed by atoms with E-state index >= 15 is 0 Å². The molecule has 0 atom stereocenters. The summed E-state index contributed by atoms with van der Waals surface area (Å²) in [5, 5.41) is 0. The van der Waals surface area contributed by atoms with Crippen LogP contribution in [0.1, 0.15) is 67.2 Å². The zero-order chi connectivity index (χ0) is 18.4. The van der Waals surface area contributed by atoms with Crippen molar-refractivity contribution in [3.05, 3.63) is 0 Å². The van der Waals surface area contributed by atoms with Gasteiger partial charge in [0.15, 0.2) is 0 Å². The Morgan fingerprint density at radius 3 is 1.75 bits per heavy atom. The van der Waals surface area contributed by atoms with E-state index in [2.05, 4.69) is 34.6 Å². The highest BCUT2D eigenvalue weighted by molar-refractivity contribution is 5.79. The molecule has 0 aromatic rings. The summed E-state index contributed by atoms with van der Waals surface area (Å²) in [4.78, 5) is 28.3. The molecule has 1 aliphatic rings. The van der Waals surface area contributed by atoms with Gasteiger partial charge in [-0.3, -0.25) is 9.59 Å². The molecule has 0 radical (unpaired) electrons. The fourth-order valence-electron chi connectivity index (χ4n) is 2.63. The van der Waals surface area contributed by atoms with Crippen LogP contribution in [0.2, 0.25) is 0 Å². The summed E-state index contributed by atoms with van der Waals surface area (Å²) in [6.07, 6.45) is 3.27. The summed E-state index contributed by atoms with van der Waals surface area (Å²) < 4.78 is 5.82. The first-order valence-corrected chi connectivity index (χ1v) is 9.30. The molecule has 0 aromatic heterocycles. The van der Waals surface area contributed by atoms with Crippen molar-refractivity contribution < 1.29 is 14.3 Å². The van der Waals surface area contributed by atoms with E-state index in [9.17, 15) is 9.59 Å². The lowest BCUT2D eigenvalue weighted by molar-refractivity contribution is -0.147. The second kappa shape index (κ2) is 8.84. The van der Waals surface area contributed by atoms with Crippen LogP contribution >= 0.6 is 0 Å². The van der Waals surface area contributed by atoms with E-state index in [4.69, 9.17) is 4.74 Å². The van der Waals surface area contributed by atoms with Crippen molar-refractivity contribution in [1.29, 1.82) is 0 Å². The molecule has 2 amide bonds. The van der Waals surface area contributed by atoms with Gasteiger partial charge in [-0.1, -0.05) is 34.6 Å². The first-order valence-electron chi connectivity index (χ1n) is 9.30. The smallest absolute Gasteiger partial charge is 0.248 e. The number of rotatable bonds is 7. The molecule has 0 aromatic carbocycles. The van der Waals surface area contributed by atoms with Gasteiger partial charge in [-0.05, 0) is 31.6 Å². The van der Waals surface area contributed by atoms with Crippen LogP contribution in [0.25, 0.3) is 0 Å². The van der Waals surface area contributed by atoms with Gasteiger partial charge < -0.3 is 14.5 Å². The van der Waals surface area contributed by atoms with Crippen molar-refractivity contribution >= 4 is 11.8 Å². The third-order valence-corrected chi connectivity index (χ3v) is 5.11. The predicted octanol–water partition coefficient (Wildman–Crippen LogP) is 3.08. The lowest BCUT2D eigenvalue weighted by atomic mass is 9.90. The summed E-state index contributed by atoms with van der Waals surface area (Å²) in [5.41, 5.74) is -0.0452. The third-order valence-electron chi connectivity index (χ3n) is 5.11. The molecule has 0 spiro atoms. The number of amides is 2. The van der Waals surface area contributed by atoms with E-state index in [-0.39, 0.29) is 29.4 Å². The highest BCUT2D eigenvalue weighted by Crippen LogP contribution is 2.22. The molecule has 5 nitrogen and oxygen atoms in total. The van der Waals surface area contributed by atoms with Crippen LogP contribution in [0.15, 0.2) is 0 Å². The molecule has 1 rings (SSSR count). The highest BCUT2D eigenvalue weighted by atomic mass is 16.5. The number of nitrogens with zero attached hydrogens (tertiary/aromatic N) is 2. The highest BCUT2D eigenvalue weighted by Gasteiger charge is 2.27. The molecular weight excluding hydrogens is 304 g/mol. The Morgan fingerprint density at radius 2 is 1.33 bits per heavy atom. The van der Waals surface area contributed by atoms with E-state index in [0.29, 0.717) is 32.6 Å². The minimum absolute atomic E-state index is 0.0323. The van der Waals surface area contributed by atoms with Gasteiger partial charge in [-0.25, -0.2) is 0 Å². The number of hydrogen-bond acceptors (Lipinski definition) is 3. The molecule has 1 fully saturated rings. The lowest BCUT2D eigenvalue weighted by Crippen LogP contribution is -2.51. The molecule has 0 N–H and O–H groups in total. The van der Waals surface area contributed by atoms with Crippen molar-refractivity contribution in [3.8, 4) is 0 Å². The molecule has 5 heteroatoms. The van der Waals surface area contributed by atoms with Gasteiger partial charge in [0.2, 0.25) is 11.8 Å². The standard InChI is InChI=1S/C19H36N2O3/c1-7-19(6,8-2)24-15-17(23)21-13-11-20(12-14-21)16(22)9-10-18(3,4)5/h7-15H2,1-6H3. The lowest BCUT2D eigenvalue weighted by Gasteiger charge is -2.36. The summed E-state index contributed by atoms with van der Waals surface area (Å²) in [5.74, 6) is 0.239. The van der Waals surface area contributed by atoms with Crippen molar-refractivity contribution in [2.75, 3.05) is 32.8 Å². The minimum Gasteiger partial charge on any atom is -0.365 e. The van der Waals surface area contributed by atoms with Crippen LogP contribution in [-0.2, 0) is 14.3 Å². The molecule has 0 bridgehead atoms. The van der Waals surface area contributed by atoms with E-state index in [1.165, 1.54) is 0 Å². The topological polar surface area (TPSA) is 49.9 Å². The quantitative estimate of drug-likeness (QED) is 0.715. The third kappa shape index (κ3) is 6.80. The minimum atomic E-state index is -0.222. The largest absolute Gasteiger partial charge is 0.365 e. The van der Waals surface area contributed by atoms with Gasteiger partial charge in [0.1, 0.15) is 6.61 Å². The zero-order valence-electron chi connectivity index (χ0n) is 16.5. The average molecular weight is 341 g/mol. The maximum absolute atomic E-state index is 12.3. The second-order valence-electron chi connectivity index (χ2n) is 8.27. The van der Waals surface area contributed by atoms with Gasteiger partial charge in [0.25, 0.3) is 0 Å². The molecule has 0 saturated carbocycles. The van der Waals surface area contributed by atoms with E-state index in [0.717, 1.165) is 19.3 Å². The zero-order valence-corrected chi connectivity index (χ0v) is 16.5. The number of carbonyl (C=O) groups excluding carboxylic acids is 2. The van der Waals surface area contributed by atoms with Crippen LogP contribution < -0.4 is 0 Å². The summed E-state index contributed by atoms with van der Waals surface area (Å²) in [6.45, 7) is 15.3. The van der Waals surface area contributed by atoms with Gasteiger partial charge in [0, 0.05) is 32.6 Å². The number of piperazine rings is 1. The molecule has 0 unspecified atom stereocenters. The van der Waals surface area contributed by atoms with Gasteiger partial charge in [-0.15, -0.1) is 0 Å². The number of hydrogen-bond donors (Lipinski definition) is 0. The van der Waals surface area contributed by atoms with Crippen molar-refractivity contribution in [2.24, 2.45) is 5.41 Å². The van der Waals surface area contributed by atoms with Crippen LogP contribution in [0.3, 0.4) is 0 Å². The fraction of sp³-hybridized carbons (Fsp3) is 0.895. The summed E-state index contributed by atoms with van der Waals surface area (Å²) >= 11 is 0. The van der Waals surface area contributed by atoms with Crippen molar-refractivity contribution in [1.82, 2.24) is 9.80 Å². The number of carbonyl (C=O) groups is 2. The molecule has 1 saturated heterocycles. The Labute approximate surface area is 147 Å². The Hall–Kier alpha value is -1.10. The maximum Gasteiger partial charge on any atom is 0.248 e. The monoisotopic (exact) mass is 340 g/mol. The summed E-state index contributed by atoms with van der Waals surface area (Å²) in [6, 6.07) is 0. The van der Waals surface area contributed by atoms with E-state index in [1.54, 1.807) is 0 Å². The SMILES string of the molecule is CCC(C)(CC)OCC(=O)N1CCN(C(=O)CCC(C)(C)C)CC1. The predicted molar refractivity (Wildman–Crippen MR) is 96.8 cm³/mol. The molecule has 140 valence electrons. The Morgan fingerprint density at radius 1 is 0.875 bits per heavy atom.